The zero-order chi connectivity index (χ0) is 13.7. The van der Waals surface area contributed by atoms with E-state index in [2.05, 4.69) is 11.8 Å². The zero-order valence-electron chi connectivity index (χ0n) is 10.5. The topological polar surface area (TPSA) is 29.5 Å². The minimum Gasteiger partial charge on any atom is -0.497 e. The van der Waals surface area contributed by atoms with Gasteiger partial charge in [-0.3, -0.25) is 0 Å². The first-order valence-electron chi connectivity index (χ1n) is 5.78. The molecule has 0 fully saturated rings. The molecule has 0 atom stereocenters. The van der Waals surface area contributed by atoms with Crippen molar-refractivity contribution in [3.8, 4) is 17.6 Å². The molecule has 0 amide bonds. The standard InChI is InChI=1S/C16H13FO2/c1-19-16-8-3-12(4-9-16)2-5-13-10-15(17)7-6-14(13)11-18/h3-4,6-10,18H,11H2,1H3. The number of hydrogen-bond donors (Lipinski definition) is 1. The van der Waals surface area contributed by atoms with Gasteiger partial charge in [0.2, 0.25) is 0 Å². The van der Waals surface area contributed by atoms with E-state index in [0.29, 0.717) is 11.1 Å². The van der Waals surface area contributed by atoms with Crippen molar-refractivity contribution in [3.63, 3.8) is 0 Å². The van der Waals surface area contributed by atoms with E-state index in [1.165, 1.54) is 18.2 Å². The van der Waals surface area contributed by atoms with Crippen molar-refractivity contribution in [3.05, 3.63) is 65.0 Å². The second-order valence-corrected chi connectivity index (χ2v) is 3.94. The molecule has 0 unspecified atom stereocenters. The Morgan fingerprint density at radius 1 is 1.11 bits per heavy atom. The maximum absolute atomic E-state index is 13.1. The Morgan fingerprint density at radius 3 is 2.47 bits per heavy atom. The fourth-order valence-corrected chi connectivity index (χ4v) is 1.62. The summed E-state index contributed by atoms with van der Waals surface area (Å²) in [6, 6.07) is 11.4. The van der Waals surface area contributed by atoms with Crippen LogP contribution in [0.1, 0.15) is 16.7 Å². The summed E-state index contributed by atoms with van der Waals surface area (Å²) < 4.78 is 18.2. The number of aliphatic hydroxyl groups is 1. The average molecular weight is 256 g/mol. The summed E-state index contributed by atoms with van der Waals surface area (Å²) in [6.07, 6.45) is 0. The number of aliphatic hydroxyl groups excluding tert-OH is 1. The Morgan fingerprint density at radius 2 is 1.84 bits per heavy atom. The van der Waals surface area contributed by atoms with Crippen LogP contribution in [0.3, 0.4) is 0 Å². The molecule has 0 aromatic heterocycles. The van der Waals surface area contributed by atoms with Crippen LogP contribution in [0, 0.1) is 17.7 Å². The molecule has 2 aromatic rings. The summed E-state index contributed by atoms with van der Waals surface area (Å²) in [4.78, 5) is 0. The van der Waals surface area contributed by atoms with Gasteiger partial charge in [0.05, 0.1) is 13.7 Å². The lowest BCUT2D eigenvalue weighted by Crippen LogP contribution is -1.90. The minimum absolute atomic E-state index is 0.160. The first-order valence-corrected chi connectivity index (χ1v) is 5.78. The Kier molecular flexibility index (Phi) is 4.17. The largest absolute Gasteiger partial charge is 0.497 e. The second-order valence-electron chi connectivity index (χ2n) is 3.94. The molecule has 19 heavy (non-hydrogen) atoms. The lowest BCUT2D eigenvalue weighted by atomic mass is 10.1. The smallest absolute Gasteiger partial charge is 0.124 e. The summed E-state index contributed by atoms with van der Waals surface area (Å²) in [5.41, 5.74) is 1.91. The SMILES string of the molecule is COc1ccc(C#Cc2cc(F)ccc2CO)cc1. The number of hydrogen-bond acceptors (Lipinski definition) is 2. The normalized spacial score (nSPS) is 9.63. The van der Waals surface area contributed by atoms with E-state index in [-0.39, 0.29) is 12.4 Å². The van der Waals surface area contributed by atoms with Crippen LogP contribution in [0.5, 0.6) is 5.75 Å². The van der Waals surface area contributed by atoms with Gasteiger partial charge in [0.1, 0.15) is 11.6 Å². The molecule has 0 radical (unpaired) electrons. The van der Waals surface area contributed by atoms with Gasteiger partial charge in [-0.05, 0) is 42.0 Å². The molecular formula is C16H13FO2. The van der Waals surface area contributed by atoms with Crippen LogP contribution in [0.4, 0.5) is 4.39 Å². The molecule has 0 aliphatic heterocycles. The van der Waals surface area contributed by atoms with Crippen molar-refractivity contribution in [1.29, 1.82) is 0 Å². The third-order valence-corrected chi connectivity index (χ3v) is 2.67. The van der Waals surface area contributed by atoms with Crippen molar-refractivity contribution in [2.24, 2.45) is 0 Å². The highest BCUT2D eigenvalue weighted by atomic mass is 19.1. The monoisotopic (exact) mass is 256 g/mol. The second kappa shape index (κ2) is 6.03. The summed E-state index contributed by atoms with van der Waals surface area (Å²) in [6.45, 7) is -0.160. The van der Waals surface area contributed by atoms with Gasteiger partial charge in [-0.2, -0.15) is 0 Å². The van der Waals surface area contributed by atoms with Crippen LogP contribution >= 0.6 is 0 Å². The molecule has 0 saturated heterocycles. The number of methoxy groups -OCH3 is 1. The number of rotatable bonds is 2. The lowest BCUT2D eigenvalue weighted by Gasteiger charge is -2.00. The fraction of sp³-hybridized carbons (Fsp3) is 0.125. The molecule has 3 heteroatoms. The maximum Gasteiger partial charge on any atom is 0.124 e. The molecule has 1 N–H and O–H groups in total. The molecule has 0 saturated carbocycles. The van der Waals surface area contributed by atoms with E-state index in [9.17, 15) is 4.39 Å². The molecule has 0 spiro atoms. The minimum atomic E-state index is -0.365. The van der Waals surface area contributed by atoms with Gasteiger partial charge < -0.3 is 9.84 Å². The molecule has 0 heterocycles. The molecule has 96 valence electrons. The zero-order valence-corrected chi connectivity index (χ0v) is 10.5. The Labute approximate surface area is 111 Å². The van der Waals surface area contributed by atoms with Gasteiger partial charge in [0, 0.05) is 11.1 Å². The van der Waals surface area contributed by atoms with Crippen molar-refractivity contribution in [2.75, 3.05) is 7.11 Å². The molecule has 0 aliphatic carbocycles. The average Bonchev–Trinajstić information content (AvgIpc) is 2.46. The third-order valence-electron chi connectivity index (χ3n) is 2.67. The highest BCUT2D eigenvalue weighted by Gasteiger charge is 2.00. The molecular weight excluding hydrogens is 243 g/mol. The van der Waals surface area contributed by atoms with Gasteiger partial charge in [-0.1, -0.05) is 17.9 Å². The van der Waals surface area contributed by atoms with Gasteiger partial charge >= 0.3 is 0 Å². The molecule has 0 bridgehead atoms. The molecule has 2 nitrogen and oxygen atoms in total. The van der Waals surface area contributed by atoms with Gasteiger partial charge in [0.25, 0.3) is 0 Å². The van der Waals surface area contributed by atoms with Gasteiger partial charge in [-0.25, -0.2) is 4.39 Å². The highest BCUT2D eigenvalue weighted by molar-refractivity contribution is 5.47. The number of benzene rings is 2. The first-order chi connectivity index (χ1) is 9.22. The van der Waals surface area contributed by atoms with Crippen LogP contribution in [0.15, 0.2) is 42.5 Å². The summed E-state index contributed by atoms with van der Waals surface area (Å²) in [5, 5.41) is 9.17. The van der Waals surface area contributed by atoms with Crippen molar-refractivity contribution >= 4 is 0 Å². The van der Waals surface area contributed by atoms with Crippen LogP contribution in [-0.2, 0) is 6.61 Å². The van der Waals surface area contributed by atoms with E-state index in [1.54, 1.807) is 7.11 Å². The maximum atomic E-state index is 13.1. The van der Waals surface area contributed by atoms with Crippen molar-refractivity contribution in [2.45, 2.75) is 6.61 Å². The van der Waals surface area contributed by atoms with E-state index in [0.717, 1.165) is 11.3 Å². The van der Waals surface area contributed by atoms with Crippen LogP contribution in [-0.4, -0.2) is 12.2 Å². The summed E-state index contributed by atoms with van der Waals surface area (Å²) in [7, 11) is 1.60. The lowest BCUT2D eigenvalue weighted by molar-refractivity contribution is 0.281. The van der Waals surface area contributed by atoms with E-state index < -0.39 is 0 Å². The predicted octanol–water partition coefficient (Wildman–Crippen LogP) is 2.73. The highest BCUT2D eigenvalue weighted by Crippen LogP contribution is 2.12. The number of ether oxygens (including phenoxy) is 1. The predicted molar refractivity (Wildman–Crippen MR) is 71.3 cm³/mol. The van der Waals surface area contributed by atoms with Crippen molar-refractivity contribution < 1.29 is 14.2 Å². The van der Waals surface area contributed by atoms with Gasteiger partial charge in [-0.15, -0.1) is 0 Å². The van der Waals surface area contributed by atoms with Crippen LogP contribution in [0.25, 0.3) is 0 Å². The molecule has 2 aromatic carbocycles. The van der Waals surface area contributed by atoms with Crippen molar-refractivity contribution in [1.82, 2.24) is 0 Å². The quantitative estimate of drug-likeness (QED) is 0.837. The van der Waals surface area contributed by atoms with Crippen LogP contribution in [0.2, 0.25) is 0 Å². The Hall–Kier alpha value is -2.31. The van der Waals surface area contributed by atoms with Crippen LogP contribution < -0.4 is 4.74 Å². The molecule has 0 aliphatic rings. The van der Waals surface area contributed by atoms with E-state index in [4.69, 9.17) is 9.84 Å². The Balaban J connectivity index is 2.30. The summed E-state index contributed by atoms with van der Waals surface area (Å²) in [5.74, 6) is 6.19. The third kappa shape index (κ3) is 3.34. The Bertz CT molecular complexity index is 621. The van der Waals surface area contributed by atoms with E-state index >= 15 is 0 Å². The van der Waals surface area contributed by atoms with Gasteiger partial charge in [0.15, 0.2) is 0 Å². The number of halogens is 1. The van der Waals surface area contributed by atoms with E-state index in [1.807, 2.05) is 24.3 Å². The first kappa shape index (κ1) is 13.1. The fourth-order valence-electron chi connectivity index (χ4n) is 1.62. The summed E-state index contributed by atoms with van der Waals surface area (Å²) >= 11 is 0. The molecule has 2 rings (SSSR count).